The minimum Gasteiger partial charge on any atom is -0.326 e. The summed E-state index contributed by atoms with van der Waals surface area (Å²) >= 11 is 0. The van der Waals surface area contributed by atoms with Gasteiger partial charge in [0.05, 0.1) is 5.92 Å². The molecule has 2 rings (SSSR count). The van der Waals surface area contributed by atoms with Crippen molar-refractivity contribution in [2.45, 2.75) is 39.5 Å². The van der Waals surface area contributed by atoms with Crippen molar-refractivity contribution in [2.75, 3.05) is 18.4 Å². The fourth-order valence-corrected chi connectivity index (χ4v) is 2.73. The minimum absolute atomic E-state index is 0.0965. The van der Waals surface area contributed by atoms with Gasteiger partial charge in [0.2, 0.25) is 5.91 Å². The second-order valence-electron chi connectivity index (χ2n) is 5.89. The Morgan fingerprint density at radius 3 is 2.60 bits per heavy atom. The molecule has 20 heavy (non-hydrogen) atoms. The van der Waals surface area contributed by atoms with Crippen LogP contribution < -0.4 is 10.6 Å². The molecule has 1 amide bonds. The number of anilines is 1. The molecule has 2 N–H and O–H groups in total. The van der Waals surface area contributed by atoms with Crippen LogP contribution in [0, 0.1) is 11.8 Å². The highest BCUT2D eigenvalue weighted by Gasteiger charge is 2.29. The lowest BCUT2D eigenvalue weighted by atomic mass is 9.97. The lowest BCUT2D eigenvalue weighted by molar-refractivity contribution is -0.120. The van der Waals surface area contributed by atoms with E-state index in [1.807, 2.05) is 12.1 Å². The first-order valence-corrected chi connectivity index (χ1v) is 7.81. The van der Waals surface area contributed by atoms with Crippen molar-refractivity contribution in [1.82, 2.24) is 5.32 Å². The molecule has 0 spiro atoms. The van der Waals surface area contributed by atoms with E-state index in [4.69, 9.17) is 0 Å². The lowest BCUT2D eigenvalue weighted by Crippen LogP contribution is -2.27. The number of carbonyl (C=O) groups excluding carboxylic acids is 1. The Morgan fingerprint density at radius 2 is 2.00 bits per heavy atom. The summed E-state index contributed by atoms with van der Waals surface area (Å²) in [5.41, 5.74) is 2.26. The molecule has 1 aromatic carbocycles. The molecule has 1 fully saturated rings. The van der Waals surface area contributed by atoms with Crippen LogP contribution in [0.4, 0.5) is 5.69 Å². The number of benzene rings is 1. The Kier molecular flexibility index (Phi) is 5.60. The maximum atomic E-state index is 12.2. The fraction of sp³-hybridized carbons (Fsp3) is 0.588. The van der Waals surface area contributed by atoms with Crippen molar-refractivity contribution >= 4 is 11.6 Å². The third kappa shape index (κ3) is 4.07. The van der Waals surface area contributed by atoms with Crippen LogP contribution >= 0.6 is 0 Å². The molecular formula is C17H26N2O. The number of carbonyl (C=O) groups is 1. The van der Waals surface area contributed by atoms with E-state index in [9.17, 15) is 4.79 Å². The summed E-state index contributed by atoms with van der Waals surface area (Å²) in [6.07, 6.45) is 4.91. The highest BCUT2D eigenvalue weighted by Crippen LogP contribution is 2.19. The Hall–Kier alpha value is -1.35. The van der Waals surface area contributed by atoms with E-state index in [1.54, 1.807) is 0 Å². The maximum absolute atomic E-state index is 12.2. The quantitative estimate of drug-likeness (QED) is 0.782. The largest absolute Gasteiger partial charge is 0.326 e. The summed E-state index contributed by atoms with van der Waals surface area (Å²) in [5, 5.41) is 6.30. The van der Waals surface area contributed by atoms with Gasteiger partial charge in [-0.2, -0.15) is 0 Å². The Bertz CT molecular complexity index is 427. The molecule has 2 atom stereocenters. The molecule has 110 valence electrons. The van der Waals surface area contributed by atoms with Crippen molar-refractivity contribution in [1.29, 1.82) is 0 Å². The first-order chi connectivity index (χ1) is 9.70. The molecule has 3 heteroatoms. The van der Waals surface area contributed by atoms with Crippen molar-refractivity contribution in [3.8, 4) is 0 Å². The predicted octanol–water partition coefficient (Wildman–Crippen LogP) is 3.21. The van der Waals surface area contributed by atoms with Gasteiger partial charge in [0.1, 0.15) is 0 Å². The minimum atomic E-state index is 0.0965. The van der Waals surface area contributed by atoms with Gasteiger partial charge in [0, 0.05) is 12.2 Å². The number of nitrogens with one attached hydrogen (secondary N) is 2. The number of aryl methyl sites for hydroxylation is 1. The summed E-state index contributed by atoms with van der Waals surface area (Å²) < 4.78 is 0. The zero-order chi connectivity index (χ0) is 14.4. The van der Waals surface area contributed by atoms with Gasteiger partial charge >= 0.3 is 0 Å². The standard InChI is InChI=1S/C17H26N2O/c1-3-4-5-6-14-7-9-15(10-8-14)19-17(20)16-12-18-11-13(16)2/h7-10,13,16,18H,3-6,11-12H2,1-2H3,(H,19,20). The van der Waals surface area contributed by atoms with Crippen molar-refractivity contribution in [3.05, 3.63) is 29.8 Å². The van der Waals surface area contributed by atoms with E-state index in [0.29, 0.717) is 5.92 Å². The molecule has 1 saturated heterocycles. The molecule has 0 aliphatic carbocycles. The van der Waals surface area contributed by atoms with Gasteiger partial charge in [-0.25, -0.2) is 0 Å². The second kappa shape index (κ2) is 7.44. The van der Waals surface area contributed by atoms with Gasteiger partial charge in [0.15, 0.2) is 0 Å². The number of rotatable bonds is 6. The number of amides is 1. The van der Waals surface area contributed by atoms with E-state index in [-0.39, 0.29) is 11.8 Å². The molecule has 1 aromatic rings. The summed E-state index contributed by atoms with van der Waals surface area (Å²) in [6.45, 7) is 6.08. The van der Waals surface area contributed by atoms with Gasteiger partial charge in [-0.15, -0.1) is 0 Å². The van der Waals surface area contributed by atoms with E-state index in [1.165, 1.54) is 24.8 Å². The van der Waals surface area contributed by atoms with Gasteiger partial charge in [-0.05, 0) is 43.0 Å². The molecule has 0 bridgehead atoms. The maximum Gasteiger partial charge on any atom is 0.229 e. The van der Waals surface area contributed by atoms with Crippen molar-refractivity contribution in [3.63, 3.8) is 0 Å². The average molecular weight is 274 g/mol. The van der Waals surface area contributed by atoms with E-state index >= 15 is 0 Å². The highest BCUT2D eigenvalue weighted by molar-refractivity contribution is 5.93. The van der Waals surface area contributed by atoms with Gasteiger partial charge in [-0.1, -0.05) is 38.8 Å². The van der Waals surface area contributed by atoms with Crippen LogP contribution in [0.15, 0.2) is 24.3 Å². The van der Waals surface area contributed by atoms with Crippen LogP contribution in [-0.4, -0.2) is 19.0 Å². The van der Waals surface area contributed by atoms with Gasteiger partial charge < -0.3 is 10.6 Å². The predicted molar refractivity (Wildman–Crippen MR) is 83.8 cm³/mol. The molecule has 2 unspecified atom stereocenters. The van der Waals surface area contributed by atoms with Gasteiger partial charge in [-0.3, -0.25) is 4.79 Å². The molecule has 1 aliphatic heterocycles. The first kappa shape index (κ1) is 15.0. The molecule has 1 heterocycles. The normalized spacial score (nSPS) is 21.9. The van der Waals surface area contributed by atoms with Crippen LogP contribution in [0.25, 0.3) is 0 Å². The highest BCUT2D eigenvalue weighted by atomic mass is 16.1. The average Bonchev–Trinajstić information content (AvgIpc) is 2.87. The zero-order valence-electron chi connectivity index (χ0n) is 12.6. The first-order valence-electron chi connectivity index (χ1n) is 7.81. The Labute approximate surface area is 122 Å². The van der Waals surface area contributed by atoms with E-state index in [2.05, 4.69) is 36.6 Å². The third-order valence-electron chi connectivity index (χ3n) is 4.14. The number of unbranched alkanes of at least 4 members (excludes halogenated alkanes) is 2. The van der Waals surface area contributed by atoms with Gasteiger partial charge in [0.25, 0.3) is 0 Å². The SMILES string of the molecule is CCCCCc1ccc(NC(=O)C2CNCC2C)cc1. The molecule has 0 aromatic heterocycles. The second-order valence-corrected chi connectivity index (χ2v) is 5.89. The molecule has 1 aliphatic rings. The summed E-state index contributed by atoms with van der Waals surface area (Å²) in [5.74, 6) is 0.656. The topological polar surface area (TPSA) is 41.1 Å². The summed E-state index contributed by atoms with van der Waals surface area (Å²) in [4.78, 5) is 12.2. The monoisotopic (exact) mass is 274 g/mol. The van der Waals surface area contributed by atoms with E-state index in [0.717, 1.165) is 25.2 Å². The van der Waals surface area contributed by atoms with Crippen molar-refractivity contribution < 1.29 is 4.79 Å². The number of hydrogen-bond donors (Lipinski definition) is 2. The summed E-state index contributed by atoms with van der Waals surface area (Å²) in [6, 6.07) is 8.29. The Balaban J connectivity index is 1.85. The Morgan fingerprint density at radius 1 is 1.25 bits per heavy atom. The fourth-order valence-electron chi connectivity index (χ4n) is 2.73. The molecule has 3 nitrogen and oxygen atoms in total. The third-order valence-corrected chi connectivity index (χ3v) is 4.14. The summed E-state index contributed by atoms with van der Waals surface area (Å²) in [7, 11) is 0. The molecule has 0 saturated carbocycles. The van der Waals surface area contributed by atoms with E-state index < -0.39 is 0 Å². The number of hydrogen-bond acceptors (Lipinski definition) is 2. The van der Waals surface area contributed by atoms with Crippen LogP contribution in [0.5, 0.6) is 0 Å². The van der Waals surface area contributed by atoms with Crippen LogP contribution in [0.1, 0.15) is 38.7 Å². The van der Waals surface area contributed by atoms with Crippen LogP contribution in [-0.2, 0) is 11.2 Å². The van der Waals surface area contributed by atoms with Crippen LogP contribution in [0.3, 0.4) is 0 Å². The molecular weight excluding hydrogens is 248 g/mol. The zero-order valence-corrected chi connectivity index (χ0v) is 12.6. The van der Waals surface area contributed by atoms with Crippen LogP contribution in [0.2, 0.25) is 0 Å². The lowest BCUT2D eigenvalue weighted by Gasteiger charge is -2.14. The smallest absolute Gasteiger partial charge is 0.229 e. The van der Waals surface area contributed by atoms with Crippen molar-refractivity contribution in [2.24, 2.45) is 11.8 Å². The molecule has 0 radical (unpaired) electrons.